The molecule has 6 atom stereocenters. The summed E-state index contributed by atoms with van der Waals surface area (Å²) in [5.41, 5.74) is 0. The maximum absolute atomic E-state index is 12.8. The van der Waals surface area contributed by atoms with Crippen LogP contribution >= 0.6 is 0 Å². The van der Waals surface area contributed by atoms with Crippen molar-refractivity contribution in [3.05, 3.63) is 24.3 Å². The van der Waals surface area contributed by atoms with Gasteiger partial charge in [-0.15, -0.1) is 0 Å². The molecule has 0 aromatic carbocycles. The molecular weight excluding hydrogens is 258 g/mol. The molecule has 0 radical (unpaired) electrons. The molecule has 2 saturated carbocycles. The van der Waals surface area contributed by atoms with E-state index in [-0.39, 0.29) is 0 Å². The van der Waals surface area contributed by atoms with Gasteiger partial charge in [0.25, 0.3) is 0 Å². The lowest BCUT2D eigenvalue weighted by Crippen LogP contribution is -2.49. The van der Waals surface area contributed by atoms with E-state index in [1.165, 1.54) is 19.3 Å². The summed E-state index contributed by atoms with van der Waals surface area (Å²) < 4.78 is 0. The Balaban J connectivity index is 1.34. The van der Waals surface area contributed by atoms with Crippen LogP contribution in [-0.4, -0.2) is 23.9 Å². The van der Waals surface area contributed by atoms with Crippen LogP contribution in [0.15, 0.2) is 24.3 Å². The topological polar surface area (TPSA) is 20.3 Å². The Bertz CT molecular complexity index is 486. The van der Waals surface area contributed by atoms with Crippen molar-refractivity contribution in [1.29, 1.82) is 0 Å². The van der Waals surface area contributed by atoms with Gasteiger partial charge in [-0.3, -0.25) is 4.79 Å². The van der Waals surface area contributed by atoms with E-state index in [0.29, 0.717) is 11.8 Å². The van der Waals surface area contributed by atoms with E-state index in [4.69, 9.17) is 0 Å². The number of allylic oxidation sites excluding steroid dienone is 4. The molecule has 2 bridgehead atoms. The van der Waals surface area contributed by atoms with E-state index >= 15 is 0 Å². The number of carbonyl (C=O) groups excluding carboxylic acids is 1. The quantitative estimate of drug-likeness (QED) is 0.676. The van der Waals surface area contributed by atoms with Crippen molar-refractivity contribution in [1.82, 2.24) is 4.90 Å². The number of likely N-dealkylation sites (tertiary alicyclic amines) is 1. The van der Waals surface area contributed by atoms with Crippen LogP contribution in [0, 0.1) is 41.4 Å². The summed E-state index contributed by atoms with van der Waals surface area (Å²) in [6.45, 7) is 2.09. The van der Waals surface area contributed by atoms with Crippen LogP contribution in [0.4, 0.5) is 0 Å². The van der Waals surface area contributed by atoms with Gasteiger partial charge in [-0.2, -0.15) is 0 Å². The summed E-state index contributed by atoms with van der Waals surface area (Å²) in [5, 5.41) is 0. The predicted molar refractivity (Wildman–Crippen MR) is 82.4 cm³/mol. The van der Waals surface area contributed by atoms with Crippen molar-refractivity contribution in [2.24, 2.45) is 41.4 Å². The van der Waals surface area contributed by atoms with Crippen molar-refractivity contribution in [2.75, 3.05) is 13.1 Å². The van der Waals surface area contributed by atoms with Crippen molar-refractivity contribution < 1.29 is 4.79 Å². The smallest absolute Gasteiger partial charge is 0.225 e. The number of hydrogen-bond donors (Lipinski definition) is 0. The predicted octanol–water partition coefficient (Wildman–Crippen LogP) is 3.26. The van der Waals surface area contributed by atoms with Gasteiger partial charge in [0.2, 0.25) is 5.91 Å². The fourth-order valence-corrected chi connectivity index (χ4v) is 5.96. The molecule has 0 aromatic heterocycles. The zero-order valence-corrected chi connectivity index (χ0v) is 12.7. The Morgan fingerprint density at radius 3 is 1.81 bits per heavy atom. The van der Waals surface area contributed by atoms with Crippen LogP contribution in [0.25, 0.3) is 0 Å². The van der Waals surface area contributed by atoms with E-state index in [2.05, 4.69) is 29.2 Å². The fourth-order valence-electron chi connectivity index (χ4n) is 5.96. The Morgan fingerprint density at radius 2 is 1.29 bits per heavy atom. The van der Waals surface area contributed by atoms with E-state index in [9.17, 15) is 4.79 Å². The van der Waals surface area contributed by atoms with E-state index in [0.717, 1.165) is 61.4 Å². The Kier molecular flexibility index (Phi) is 2.66. The lowest BCUT2D eigenvalue weighted by Gasteiger charge is -2.53. The zero-order valence-electron chi connectivity index (χ0n) is 12.7. The van der Waals surface area contributed by atoms with Crippen molar-refractivity contribution in [3.8, 4) is 0 Å². The van der Waals surface area contributed by atoms with Crippen molar-refractivity contribution >= 4 is 5.91 Å². The van der Waals surface area contributed by atoms with Gasteiger partial charge in [0.1, 0.15) is 0 Å². The molecule has 2 heteroatoms. The van der Waals surface area contributed by atoms with Gasteiger partial charge in [-0.25, -0.2) is 0 Å². The standard InChI is InChI=1S/C19H25NO/c21-19(12-4-2-1-3-5-12)20-10-17-15-8-9-16(18(17)11-20)14-7-6-13(14)15/h6-9,12-18H,1-5,10-11H2. The molecule has 5 aliphatic carbocycles. The molecule has 1 amide bonds. The SMILES string of the molecule is O=C(C1CCCCC1)N1CC2C3C=CC(C4C=CC43)C2C1. The first-order chi connectivity index (χ1) is 10.3. The van der Waals surface area contributed by atoms with Gasteiger partial charge >= 0.3 is 0 Å². The average molecular weight is 283 g/mol. The minimum absolute atomic E-state index is 0.347. The molecule has 0 spiro atoms. The molecule has 21 heavy (non-hydrogen) atoms. The second kappa shape index (κ2) is 4.47. The largest absolute Gasteiger partial charge is 0.342 e. The van der Waals surface area contributed by atoms with Crippen molar-refractivity contribution in [3.63, 3.8) is 0 Å². The highest BCUT2D eigenvalue weighted by atomic mass is 16.2. The highest BCUT2D eigenvalue weighted by molar-refractivity contribution is 5.79. The lowest BCUT2D eigenvalue weighted by atomic mass is 9.50. The highest BCUT2D eigenvalue weighted by Gasteiger charge is 2.56. The summed E-state index contributed by atoms with van der Waals surface area (Å²) >= 11 is 0. The number of amides is 1. The maximum atomic E-state index is 12.8. The molecule has 1 saturated heterocycles. The van der Waals surface area contributed by atoms with Crippen LogP contribution < -0.4 is 0 Å². The Hall–Kier alpha value is -1.05. The number of carbonyl (C=O) groups is 1. The molecule has 2 nitrogen and oxygen atoms in total. The molecule has 6 aliphatic rings. The van der Waals surface area contributed by atoms with Gasteiger partial charge in [-0.1, -0.05) is 43.6 Å². The second-order valence-corrected chi connectivity index (χ2v) is 7.99. The van der Waals surface area contributed by atoms with E-state index < -0.39 is 0 Å². The summed E-state index contributed by atoms with van der Waals surface area (Å²) in [4.78, 5) is 15.1. The van der Waals surface area contributed by atoms with E-state index in [1.807, 2.05) is 0 Å². The molecule has 6 rings (SSSR count). The maximum Gasteiger partial charge on any atom is 0.225 e. The Labute approximate surface area is 127 Å². The number of rotatable bonds is 1. The summed E-state index contributed by atoms with van der Waals surface area (Å²) in [7, 11) is 0. The minimum Gasteiger partial charge on any atom is -0.342 e. The highest BCUT2D eigenvalue weighted by Crippen LogP contribution is 2.58. The molecule has 1 heterocycles. The van der Waals surface area contributed by atoms with Gasteiger partial charge in [0, 0.05) is 19.0 Å². The molecule has 0 N–H and O–H groups in total. The van der Waals surface area contributed by atoms with Gasteiger partial charge in [0.05, 0.1) is 0 Å². The summed E-state index contributed by atoms with van der Waals surface area (Å²) in [6, 6.07) is 0. The monoisotopic (exact) mass is 283 g/mol. The average Bonchev–Trinajstić information content (AvgIpc) is 2.94. The van der Waals surface area contributed by atoms with Gasteiger partial charge in [-0.05, 0) is 48.3 Å². The van der Waals surface area contributed by atoms with Crippen molar-refractivity contribution in [2.45, 2.75) is 32.1 Å². The number of nitrogens with zero attached hydrogens (tertiary/aromatic N) is 1. The lowest BCUT2D eigenvalue weighted by molar-refractivity contribution is -0.135. The van der Waals surface area contributed by atoms with Crippen LogP contribution in [0.5, 0.6) is 0 Å². The summed E-state index contributed by atoms with van der Waals surface area (Å²) in [5.74, 6) is 5.37. The molecular formula is C19H25NO. The first-order valence-electron chi connectivity index (χ1n) is 8.98. The Morgan fingerprint density at radius 1 is 0.762 bits per heavy atom. The molecule has 112 valence electrons. The molecule has 0 aromatic rings. The first kappa shape index (κ1) is 12.5. The van der Waals surface area contributed by atoms with Crippen LogP contribution in [-0.2, 0) is 4.79 Å². The first-order valence-corrected chi connectivity index (χ1v) is 8.98. The van der Waals surface area contributed by atoms with Crippen LogP contribution in [0.3, 0.4) is 0 Å². The molecule has 1 aliphatic heterocycles. The molecule has 3 fully saturated rings. The molecule has 6 unspecified atom stereocenters. The zero-order chi connectivity index (χ0) is 14.0. The third-order valence-corrected chi connectivity index (χ3v) is 7.11. The van der Waals surface area contributed by atoms with Crippen LogP contribution in [0.2, 0.25) is 0 Å². The van der Waals surface area contributed by atoms with Gasteiger partial charge in [0.15, 0.2) is 0 Å². The van der Waals surface area contributed by atoms with Gasteiger partial charge < -0.3 is 4.90 Å². The third kappa shape index (κ3) is 1.68. The summed E-state index contributed by atoms with van der Waals surface area (Å²) in [6.07, 6.45) is 15.9. The fraction of sp³-hybridized carbons (Fsp3) is 0.737. The normalized spacial score (nSPS) is 47.1. The van der Waals surface area contributed by atoms with Crippen LogP contribution in [0.1, 0.15) is 32.1 Å². The number of hydrogen-bond acceptors (Lipinski definition) is 1. The minimum atomic E-state index is 0.347. The third-order valence-electron chi connectivity index (χ3n) is 7.11. The van der Waals surface area contributed by atoms with E-state index in [1.54, 1.807) is 0 Å². The second-order valence-electron chi connectivity index (χ2n) is 7.99.